The first-order valence-electron chi connectivity index (χ1n) is 11.6. The van der Waals surface area contributed by atoms with Gasteiger partial charge in [0.2, 0.25) is 21.8 Å². The summed E-state index contributed by atoms with van der Waals surface area (Å²) in [5.74, 6) is -1.05. The molecule has 0 aliphatic heterocycles. The molecule has 0 aliphatic carbocycles. The smallest absolute Gasteiger partial charge is 0.244 e. The molecule has 0 radical (unpaired) electrons. The molecule has 3 rings (SSSR count). The Morgan fingerprint density at radius 3 is 1.57 bits per heavy atom. The Labute approximate surface area is 207 Å². The van der Waals surface area contributed by atoms with Gasteiger partial charge in [-0.15, -0.1) is 0 Å². The van der Waals surface area contributed by atoms with Crippen molar-refractivity contribution < 1.29 is 18.0 Å². The van der Waals surface area contributed by atoms with Gasteiger partial charge in [-0.05, 0) is 55.2 Å². The summed E-state index contributed by atoms with van der Waals surface area (Å²) in [5, 5.41) is 5.58. The van der Waals surface area contributed by atoms with Crippen LogP contribution in [0, 0.1) is 6.92 Å². The van der Waals surface area contributed by atoms with E-state index in [9.17, 15) is 18.0 Å². The summed E-state index contributed by atoms with van der Waals surface area (Å²) in [4.78, 5) is 25.8. The molecule has 0 spiro atoms. The summed E-state index contributed by atoms with van der Waals surface area (Å²) >= 11 is 0. The third kappa shape index (κ3) is 6.77. The number of carbonyl (C=O) groups excluding carboxylic acids is 2. The number of para-hydroxylation sites is 2. The van der Waals surface area contributed by atoms with Gasteiger partial charge < -0.3 is 10.6 Å². The maximum Gasteiger partial charge on any atom is 0.244 e. The molecule has 3 aromatic carbocycles. The van der Waals surface area contributed by atoms with Crippen LogP contribution in [0.3, 0.4) is 0 Å². The van der Waals surface area contributed by atoms with Gasteiger partial charge >= 0.3 is 0 Å². The van der Waals surface area contributed by atoms with Crippen molar-refractivity contribution in [1.82, 2.24) is 4.31 Å². The van der Waals surface area contributed by atoms with E-state index in [4.69, 9.17) is 0 Å². The van der Waals surface area contributed by atoms with Crippen LogP contribution in [0.2, 0.25) is 0 Å². The van der Waals surface area contributed by atoms with Gasteiger partial charge in [-0.25, -0.2) is 8.42 Å². The van der Waals surface area contributed by atoms with Crippen molar-refractivity contribution >= 4 is 33.2 Å². The first-order valence-corrected chi connectivity index (χ1v) is 13.0. The van der Waals surface area contributed by atoms with Crippen LogP contribution in [0.15, 0.2) is 77.7 Å². The quantitative estimate of drug-likeness (QED) is 0.438. The second-order valence-electron chi connectivity index (χ2n) is 8.20. The lowest BCUT2D eigenvalue weighted by Gasteiger charge is -2.22. The summed E-state index contributed by atoms with van der Waals surface area (Å²) in [7, 11) is -4.11. The molecule has 0 aliphatic rings. The number of hydrogen-bond acceptors (Lipinski definition) is 4. The molecule has 0 bridgehead atoms. The summed E-state index contributed by atoms with van der Waals surface area (Å²) in [6, 6.07) is 21.0. The third-order valence-corrected chi connectivity index (χ3v) is 7.45. The zero-order valence-electron chi connectivity index (χ0n) is 20.2. The highest BCUT2D eigenvalue weighted by Gasteiger charge is 2.29. The van der Waals surface area contributed by atoms with Crippen LogP contribution in [-0.4, -0.2) is 37.6 Å². The largest absolute Gasteiger partial charge is 0.325 e. The Morgan fingerprint density at radius 1 is 0.714 bits per heavy atom. The van der Waals surface area contributed by atoms with Gasteiger partial charge in [-0.2, -0.15) is 4.31 Å². The summed E-state index contributed by atoms with van der Waals surface area (Å²) in [6.07, 6.45) is 1.42. The minimum atomic E-state index is -4.11. The predicted molar refractivity (Wildman–Crippen MR) is 139 cm³/mol. The molecule has 7 nitrogen and oxygen atoms in total. The molecule has 0 atom stereocenters. The lowest BCUT2D eigenvalue weighted by atomic mass is 10.1. The van der Waals surface area contributed by atoms with Crippen molar-refractivity contribution in [1.29, 1.82) is 0 Å². The Bertz CT molecular complexity index is 1220. The van der Waals surface area contributed by atoms with Crippen LogP contribution in [0.5, 0.6) is 0 Å². The molecule has 3 aromatic rings. The van der Waals surface area contributed by atoms with Crippen LogP contribution in [0.4, 0.5) is 11.4 Å². The van der Waals surface area contributed by atoms with Gasteiger partial charge in [0.25, 0.3) is 0 Å². The fourth-order valence-electron chi connectivity index (χ4n) is 3.69. The van der Waals surface area contributed by atoms with E-state index in [1.165, 1.54) is 12.1 Å². The van der Waals surface area contributed by atoms with Crippen molar-refractivity contribution in [3.8, 4) is 0 Å². The van der Waals surface area contributed by atoms with Crippen molar-refractivity contribution in [3.05, 3.63) is 89.5 Å². The molecule has 0 saturated heterocycles. The highest BCUT2D eigenvalue weighted by atomic mass is 32.2. The first kappa shape index (κ1) is 26.1. The second kappa shape index (κ2) is 11.8. The van der Waals surface area contributed by atoms with Gasteiger partial charge in [0, 0.05) is 11.4 Å². The highest BCUT2D eigenvalue weighted by Crippen LogP contribution is 2.20. The summed E-state index contributed by atoms with van der Waals surface area (Å²) in [6.45, 7) is 4.79. The summed E-state index contributed by atoms with van der Waals surface area (Å²) in [5.41, 5.74) is 4.01. The standard InChI is InChI=1S/C27H31N3O4S/c1-4-21-10-6-8-12-24(21)28-26(31)18-30(35(33,34)23-16-14-20(3)15-17-23)19-27(32)29-25-13-9-7-11-22(25)5-2/h6-17H,4-5,18-19H2,1-3H3,(H,28,31)(H,29,32). The first-order chi connectivity index (χ1) is 16.7. The molecule has 0 unspecified atom stereocenters. The van der Waals surface area contributed by atoms with Crippen LogP contribution in [-0.2, 0) is 32.5 Å². The van der Waals surface area contributed by atoms with E-state index < -0.39 is 34.9 Å². The maximum absolute atomic E-state index is 13.4. The lowest BCUT2D eigenvalue weighted by Crippen LogP contribution is -2.42. The van der Waals surface area contributed by atoms with Crippen LogP contribution < -0.4 is 10.6 Å². The molecule has 0 heterocycles. The number of hydrogen-bond donors (Lipinski definition) is 2. The Morgan fingerprint density at radius 2 is 1.14 bits per heavy atom. The fraction of sp³-hybridized carbons (Fsp3) is 0.259. The average Bonchev–Trinajstić information content (AvgIpc) is 2.84. The van der Waals surface area contributed by atoms with Gasteiger partial charge in [-0.1, -0.05) is 67.9 Å². The van der Waals surface area contributed by atoms with Gasteiger partial charge in [0.1, 0.15) is 0 Å². The molecule has 35 heavy (non-hydrogen) atoms. The van der Waals surface area contributed by atoms with E-state index in [-0.39, 0.29) is 4.90 Å². The number of benzene rings is 3. The number of aryl methyl sites for hydroxylation is 3. The van der Waals surface area contributed by atoms with Gasteiger partial charge in [0.05, 0.1) is 18.0 Å². The maximum atomic E-state index is 13.4. The van der Waals surface area contributed by atoms with Crippen molar-refractivity contribution in [2.24, 2.45) is 0 Å². The van der Waals surface area contributed by atoms with E-state index in [1.807, 2.05) is 45.0 Å². The minimum absolute atomic E-state index is 0.0200. The number of sulfonamides is 1. The Kier molecular flexibility index (Phi) is 8.78. The molecule has 0 aromatic heterocycles. The van der Waals surface area contributed by atoms with Crippen LogP contribution >= 0.6 is 0 Å². The van der Waals surface area contributed by atoms with E-state index in [2.05, 4.69) is 10.6 Å². The number of nitrogens with zero attached hydrogens (tertiary/aromatic N) is 1. The molecule has 0 fully saturated rings. The fourth-order valence-corrected chi connectivity index (χ4v) is 5.04. The number of rotatable bonds is 10. The zero-order valence-corrected chi connectivity index (χ0v) is 21.1. The molecule has 2 N–H and O–H groups in total. The van der Waals surface area contributed by atoms with Gasteiger partial charge in [0.15, 0.2) is 0 Å². The third-order valence-electron chi connectivity index (χ3n) is 5.64. The van der Waals surface area contributed by atoms with Crippen LogP contribution in [0.25, 0.3) is 0 Å². The van der Waals surface area contributed by atoms with Gasteiger partial charge in [-0.3, -0.25) is 9.59 Å². The number of amides is 2. The molecule has 2 amide bonds. The lowest BCUT2D eigenvalue weighted by molar-refractivity contribution is -0.118. The zero-order chi connectivity index (χ0) is 25.4. The molecule has 8 heteroatoms. The molecule has 0 saturated carbocycles. The number of nitrogens with one attached hydrogen (secondary N) is 2. The van der Waals surface area contributed by atoms with Crippen molar-refractivity contribution in [2.45, 2.75) is 38.5 Å². The number of anilines is 2. The Hall–Kier alpha value is -3.49. The van der Waals surface area contributed by atoms with E-state index >= 15 is 0 Å². The summed E-state index contributed by atoms with van der Waals surface area (Å²) < 4.78 is 27.8. The monoisotopic (exact) mass is 493 g/mol. The minimum Gasteiger partial charge on any atom is -0.325 e. The molecular weight excluding hydrogens is 462 g/mol. The highest BCUT2D eigenvalue weighted by molar-refractivity contribution is 7.89. The molecular formula is C27H31N3O4S. The van der Waals surface area contributed by atoms with Crippen molar-refractivity contribution in [3.63, 3.8) is 0 Å². The van der Waals surface area contributed by atoms with E-state index in [0.717, 1.165) is 21.0 Å². The normalized spacial score (nSPS) is 11.3. The van der Waals surface area contributed by atoms with E-state index in [0.29, 0.717) is 24.2 Å². The second-order valence-corrected chi connectivity index (χ2v) is 10.1. The molecule has 184 valence electrons. The SMILES string of the molecule is CCc1ccccc1NC(=O)CN(CC(=O)Nc1ccccc1CC)S(=O)(=O)c1ccc(C)cc1. The average molecular weight is 494 g/mol. The van der Waals surface area contributed by atoms with E-state index in [1.54, 1.807) is 36.4 Å². The topological polar surface area (TPSA) is 95.6 Å². The predicted octanol–water partition coefficient (Wildman–Crippen LogP) is 4.39. The number of carbonyl (C=O) groups is 2. The van der Waals surface area contributed by atoms with Crippen molar-refractivity contribution in [2.75, 3.05) is 23.7 Å². The Balaban J connectivity index is 1.85. The van der Waals surface area contributed by atoms with Crippen LogP contribution in [0.1, 0.15) is 30.5 Å².